The number of nitrogens with zero attached hydrogens (tertiary/aromatic N) is 3. The molecule has 0 saturated carbocycles. The average Bonchev–Trinajstić information content (AvgIpc) is 2.53. The van der Waals surface area contributed by atoms with Gasteiger partial charge in [-0.15, -0.1) is 0 Å². The summed E-state index contributed by atoms with van der Waals surface area (Å²) in [6.45, 7) is 8.14. The highest BCUT2D eigenvalue weighted by molar-refractivity contribution is 6.30. The lowest BCUT2D eigenvalue weighted by atomic mass is 10.2. The number of ether oxygens (including phenoxy) is 1. The first-order valence-corrected chi connectivity index (χ1v) is 8.76. The van der Waals surface area contributed by atoms with E-state index in [0.717, 1.165) is 18.8 Å². The Morgan fingerprint density at radius 1 is 1.20 bits per heavy atom. The molecule has 1 aliphatic heterocycles. The van der Waals surface area contributed by atoms with Crippen LogP contribution < -0.4 is 4.90 Å². The molecular formula is C18H26ClN3O3. The quantitative estimate of drug-likeness (QED) is 0.824. The maximum absolute atomic E-state index is 12.4. The van der Waals surface area contributed by atoms with Crippen molar-refractivity contribution < 1.29 is 14.3 Å². The summed E-state index contributed by atoms with van der Waals surface area (Å²) in [5, 5.41) is 0.704. The SMILES string of the molecule is CN(CC(=O)N1CCN(c2cccc(Cl)c2)CC1)C(=O)OC(C)(C)C. The van der Waals surface area contributed by atoms with Gasteiger partial charge in [0, 0.05) is 43.9 Å². The van der Waals surface area contributed by atoms with Gasteiger partial charge >= 0.3 is 6.09 Å². The minimum absolute atomic E-state index is 0.0199. The maximum atomic E-state index is 12.4. The fourth-order valence-corrected chi connectivity index (χ4v) is 2.78. The Bertz CT molecular complexity index is 622. The highest BCUT2D eigenvalue weighted by Gasteiger charge is 2.25. The number of anilines is 1. The van der Waals surface area contributed by atoms with Gasteiger partial charge in [-0.05, 0) is 39.0 Å². The first-order valence-electron chi connectivity index (χ1n) is 8.38. The lowest BCUT2D eigenvalue weighted by molar-refractivity contribution is -0.132. The zero-order chi connectivity index (χ0) is 18.6. The van der Waals surface area contributed by atoms with Crippen molar-refractivity contribution in [3.8, 4) is 0 Å². The van der Waals surface area contributed by atoms with E-state index in [4.69, 9.17) is 16.3 Å². The number of benzene rings is 1. The Morgan fingerprint density at radius 3 is 2.40 bits per heavy atom. The molecule has 0 unspecified atom stereocenters. The molecule has 1 aromatic rings. The Labute approximate surface area is 154 Å². The van der Waals surface area contributed by atoms with Crippen molar-refractivity contribution in [3.05, 3.63) is 29.3 Å². The summed E-state index contributed by atoms with van der Waals surface area (Å²) in [5.74, 6) is -0.0703. The van der Waals surface area contributed by atoms with Crippen LogP contribution in [0.4, 0.5) is 10.5 Å². The second-order valence-corrected chi connectivity index (χ2v) is 7.62. The zero-order valence-electron chi connectivity index (χ0n) is 15.3. The third kappa shape index (κ3) is 5.81. The number of likely N-dealkylation sites (N-methyl/N-ethyl adjacent to an activating group) is 1. The first-order chi connectivity index (χ1) is 11.7. The molecule has 1 heterocycles. The van der Waals surface area contributed by atoms with E-state index in [1.165, 1.54) is 4.90 Å². The summed E-state index contributed by atoms with van der Waals surface area (Å²) < 4.78 is 5.27. The Balaban J connectivity index is 1.84. The van der Waals surface area contributed by atoms with Crippen LogP contribution in [0.1, 0.15) is 20.8 Å². The lowest BCUT2D eigenvalue weighted by Gasteiger charge is -2.36. The number of piperazine rings is 1. The summed E-state index contributed by atoms with van der Waals surface area (Å²) >= 11 is 6.04. The molecule has 0 atom stereocenters. The van der Waals surface area contributed by atoms with Crippen LogP contribution >= 0.6 is 11.6 Å². The molecule has 0 spiro atoms. The van der Waals surface area contributed by atoms with Crippen LogP contribution in [0.2, 0.25) is 5.02 Å². The molecular weight excluding hydrogens is 342 g/mol. The van der Waals surface area contributed by atoms with E-state index in [1.807, 2.05) is 24.3 Å². The molecule has 0 aromatic heterocycles. The molecule has 0 radical (unpaired) electrons. The number of rotatable bonds is 3. The zero-order valence-corrected chi connectivity index (χ0v) is 16.0. The molecule has 1 fully saturated rings. The van der Waals surface area contributed by atoms with Gasteiger partial charge < -0.3 is 19.4 Å². The van der Waals surface area contributed by atoms with Gasteiger partial charge in [0.1, 0.15) is 12.1 Å². The van der Waals surface area contributed by atoms with E-state index in [9.17, 15) is 9.59 Å². The molecule has 1 saturated heterocycles. The highest BCUT2D eigenvalue weighted by Crippen LogP contribution is 2.20. The van der Waals surface area contributed by atoms with Crippen molar-refractivity contribution in [2.45, 2.75) is 26.4 Å². The van der Waals surface area contributed by atoms with E-state index in [-0.39, 0.29) is 12.5 Å². The van der Waals surface area contributed by atoms with Crippen molar-refractivity contribution in [1.82, 2.24) is 9.80 Å². The van der Waals surface area contributed by atoms with Crippen LogP contribution in [0.25, 0.3) is 0 Å². The Morgan fingerprint density at radius 2 is 1.84 bits per heavy atom. The molecule has 2 amide bonds. The number of carbonyl (C=O) groups excluding carboxylic acids is 2. The normalized spacial score (nSPS) is 15.1. The molecule has 1 aliphatic rings. The van der Waals surface area contributed by atoms with Gasteiger partial charge in [-0.3, -0.25) is 4.79 Å². The molecule has 25 heavy (non-hydrogen) atoms. The van der Waals surface area contributed by atoms with Gasteiger partial charge in [-0.25, -0.2) is 4.79 Å². The second kappa shape index (κ2) is 7.95. The lowest BCUT2D eigenvalue weighted by Crippen LogP contribution is -2.51. The van der Waals surface area contributed by atoms with Crippen LogP contribution in [0.5, 0.6) is 0 Å². The summed E-state index contributed by atoms with van der Waals surface area (Å²) in [6, 6.07) is 7.71. The average molecular weight is 368 g/mol. The summed E-state index contributed by atoms with van der Waals surface area (Å²) in [5.41, 5.74) is 0.488. The summed E-state index contributed by atoms with van der Waals surface area (Å²) in [4.78, 5) is 29.7. The molecule has 0 N–H and O–H groups in total. The molecule has 6 nitrogen and oxygen atoms in total. The van der Waals surface area contributed by atoms with Gasteiger partial charge in [0.05, 0.1) is 0 Å². The summed E-state index contributed by atoms with van der Waals surface area (Å²) in [7, 11) is 1.58. The third-order valence-electron chi connectivity index (χ3n) is 3.88. The smallest absolute Gasteiger partial charge is 0.410 e. The predicted octanol–water partition coefficient (Wildman–Crippen LogP) is 2.86. The van der Waals surface area contributed by atoms with Crippen LogP contribution in [0, 0.1) is 0 Å². The number of halogens is 1. The number of carbonyl (C=O) groups is 2. The Hall–Kier alpha value is -1.95. The maximum Gasteiger partial charge on any atom is 0.410 e. The Kier molecular flexibility index (Phi) is 6.16. The van der Waals surface area contributed by atoms with Crippen LogP contribution in [0.15, 0.2) is 24.3 Å². The monoisotopic (exact) mass is 367 g/mol. The van der Waals surface area contributed by atoms with E-state index in [2.05, 4.69) is 4.90 Å². The second-order valence-electron chi connectivity index (χ2n) is 7.18. The van der Waals surface area contributed by atoms with E-state index in [1.54, 1.807) is 32.7 Å². The van der Waals surface area contributed by atoms with E-state index >= 15 is 0 Å². The number of amides is 2. The fraction of sp³-hybridized carbons (Fsp3) is 0.556. The van der Waals surface area contributed by atoms with Gasteiger partial charge in [0.25, 0.3) is 0 Å². The van der Waals surface area contributed by atoms with Gasteiger partial charge in [-0.2, -0.15) is 0 Å². The fourth-order valence-electron chi connectivity index (χ4n) is 2.59. The number of hydrogen-bond acceptors (Lipinski definition) is 4. The van der Waals surface area contributed by atoms with Crippen molar-refractivity contribution in [1.29, 1.82) is 0 Å². The molecule has 1 aromatic carbocycles. The third-order valence-corrected chi connectivity index (χ3v) is 4.12. The van der Waals surface area contributed by atoms with Crippen LogP contribution in [-0.2, 0) is 9.53 Å². The van der Waals surface area contributed by atoms with Crippen LogP contribution in [0.3, 0.4) is 0 Å². The molecule has 0 bridgehead atoms. The van der Waals surface area contributed by atoms with Gasteiger partial charge in [-0.1, -0.05) is 17.7 Å². The van der Waals surface area contributed by atoms with Gasteiger partial charge in [0.15, 0.2) is 0 Å². The van der Waals surface area contributed by atoms with E-state index < -0.39 is 11.7 Å². The van der Waals surface area contributed by atoms with Gasteiger partial charge in [0.2, 0.25) is 5.91 Å². The molecule has 2 rings (SSSR count). The van der Waals surface area contributed by atoms with Crippen molar-refractivity contribution in [2.75, 3.05) is 44.7 Å². The summed E-state index contributed by atoms with van der Waals surface area (Å²) in [6.07, 6.45) is -0.488. The minimum atomic E-state index is -0.572. The topological polar surface area (TPSA) is 53.1 Å². The molecule has 0 aliphatic carbocycles. The highest BCUT2D eigenvalue weighted by atomic mass is 35.5. The molecule has 7 heteroatoms. The largest absolute Gasteiger partial charge is 0.444 e. The van der Waals surface area contributed by atoms with Crippen molar-refractivity contribution >= 4 is 29.3 Å². The predicted molar refractivity (Wildman–Crippen MR) is 99.1 cm³/mol. The van der Waals surface area contributed by atoms with Crippen molar-refractivity contribution in [2.24, 2.45) is 0 Å². The van der Waals surface area contributed by atoms with Crippen LogP contribution in [-0.4, -0.2) is 67.2 Å². The number of hydrogen-bond donors (Lipinski definition) is 0. The molecule has 138 valence electrons. The van der Waals surface area contributed by atoms with Crippen molar-refractivity contribution in [3.63, 3.8) is 0 Å². The minimum Gasteiger partial charge on any atom is -0.444 e. The standard InChI is InChI=1S/C18H26ClN3O3/c1-18(2,3)25-17(24)20(4)13-16(23)22-10-8-21(9-11-22)15-7-5-6-14(19)12-15/h5-7,12H,8-11,13H2,1-4H3. The van der Waals surface area contributed by atoms with E-state index in [0.29, 0.717) is 18.1 Å². The first kappa shape index (κ1) is 19.4.